The van der Waals surface area contributed by atoms with Crippen molar-refractivity contribution >= 4 is 5.97 Å². The second kappa shape index (κ2) is 8.77. The van der Waals surface area contributed by atoms with Gasteiger partial charge in [0.2, 0.25) is 0 Å². The van der Waals surface area contributed by atoms with E-state index in [1.165, 1.54) is 5.56 Å². The van der Waals surface area contributed by atoms with Gasteiger partial charge in [-0.2, -0.15) is 0 Å². The fourth-order valence-electron chi connectivity index (χ4n) is 2.94. The largest absolute Gasteiger partial charge is 0.490 e. The van der Waals surface area contributed by atoms with E-state index in [2.05, 4.69) is 17.0 Å². The summed E-state index contributed by atoms with van der Waals surface area (Å²) in [6, 6.07) is 6.11. The van der Waals surface area contributed by atoms with E-state index in [0.717, 1.165) is 50.4 Å². The molecule has 0 atom stereocenters. The van der Waals surface area contributed by atoms with Crippen molar-refractivity contribution in [1.29, 1.82) is 0 Å². The molecule has 5 heteroatoms. The molecule has 1 aliphatic rings. The molecule has 1 aromatic carbocycles. The molecule has 0 saturated carbocycles. The Balaban J connectivity index is 1.88. The smallest absolute Gasteiger partial charge is 0.306 e. The minimum absolute atomic E-state index is 0.165. The highest BCUT2D eigenvalue weighted by atomic mass is 16.5. The maximum absolute atomic E-state index is 11.0. The zero-order valence-corrected chi connectivity index (χ0v) is 14.1. The molecular formula is C18H27NO4. The highest BCUT2D eigenvalue weighted by molar-refractivity contribution is 5.70. The quantitative estimate of drug-likeness (QED) is 0.798. The van der Waals surface area contributed by atoms with Crippen LogP contribution in [0.2, 0.25) is 0 Å². The summed E-state index contributed by atoms with van der Waals surface area (Å²) in [5.41, 5.74) is 1.22. The second-order valence-electron chi connectivity index (χ2n) is 5.85. The molecule has 0 unspecified atom stereocenters. The van der Waals surface area contributed by atoms with Crippen LogP contribution in [0.5, 0.6) is 11.5 Å². The molecule has 1 aromatic rings. The Morgan fingerprint density at radius 1 is 1.17 bits per heavy atom. The predicted octanol–water partition coefficient (Wildman–Crippen LogP) is 2.82. The van der Waals surface area contributed by atoms with Crippen LogP contribution in [0.3, 0.4) is 0 Å². The van der Waals surface area contributed by atoms with Crippen molar-refractivity contribution in [1.82, 2.24) is 4.90 Å². The average Bonchev–Trinajstić information content (AvgIpc) is 2.56. The van der Waals surface area contributed by atoms with Crippen LogP contribution in [0.1, 0.15) is 32.3 Å². The topological polar surface area (TPSA) is 59.0 Å². The first-order valence-corrected chi connectivity index (χ1v) is 8.47. The maximum Gasteiger partial charge on any atom is 0.306 e. The maximum atomic E-state index is 11.0. The van der Waals surface area contributed by atoms with Gasteiger partial charge >= 0.3 is 5.97 Å². The fraction of sp³-hybridized carbons (Fsp3) is 0.611. The Kier molecular flexibility index (Phi) is 6.71. The molecule has 1 N–H and O–H groups in total. The van der Waals surface area contributed by atoms with Gasteiger partial charge < -0.3 is 19.5 Å². The Morgan fingerprint density at radius 2 is 1.83 bits per heavy atom. The van der Waals surface area contributed by atoms with Crippen LogP contribution in [-0.2, 0) is 11.2 Å². The SMILES string of the molecule is CCOc1ccc(CCN2CCC(C(=O)O)CC2)cc1OCC. The van der Waals surface area contributed by atoms with E-state index in [0.29, 0.717) is 13.2 Å². The van der Waals surface area contributed by atoms with Gasteiger partial charge in [0.1, 0.15) is 0 Å². The third kappa shape index (κ3) is 5.13. The number of benzene rings is 1. The summed E-state index contributed by atoms with van der Waals surface area (Å²) in [6.45, 7) is 7.86. The van der Waals surface area contributed by atoms with E-state index in [9.17, 15) is 4.79 Å². The third-order valence-electron chi connectivity index (χ3n) is 4.26. The summed E-state index contributed by atoms with van der Waals surface area (Å²) in [5.74, 6) is 0.774. The minimum Gasteiger partial charge on any atom is -0.490 e. The molecule has 1 heterocycles. The lowest BCUT2D eigenvalue weighted by molar-refractivity contribution is -0.143. The van der Waals surface area contributed by atoms with Gasteiger partial charge in [0.25, 0.3) is 0 Å². The van der Waals surface area contributed by atoms with Crippen molar-refractivity contribution in [3.8, 4) is 11.5 Å². The molecule has 1 saturated heterocycles. The number of nitrogens with zero attached hydrogens (tertiary/aromatic N) is 1. The second-order valence-corrected chi connectivity index (χ2v) is 5.85. The number of carboxylic acid groups (broad SMARTS) is 1. The van der Waals surface area contributed by atoms with Crippen LogP contribution in [0.4, 0.5) is 0 Å². The minimum atomic E-state index is -0.655. The van der Waals surface area contributed by atoms with Gasteiger partial charge in [-0.3, -0.25) is 4.79 Å². The van der Waals surface area contributed by atoms with E-state index in [1.807, 2.05) is 19.9 Å². The van der Waals surface area contributed by atoms with Crippen molar-refractivity contribution in [3.05, 3.63) is 23.8 Å². The summed E-state index contributed by atoms with van der Waals surface area (Å²) in [7, 11) is 0. The van der Waals surface area contributed by atoms with Crippen LogP contribution >= 0.6 is 0 Å². The molecule has 5 nitrogen and oxygen atoms in total. The summed E-state index contributed by atoms with van der Waals surface area (Å²) in [6.07, 6.45) is 2.44. The van der Waals surface area contributed by atoms with E-state index in [-0.39, 0.29) is 5.92 Å². The van der Waals surface area contributed by atoms with Crippen molar-refractivity contribution in [3.63, 3.8) is 0 Å². The van der Waals surface area contributed by atoms with Crippen LogP contribution in [-0.4, -0.2) is 48.8 Å². The normalized spacial score (nSPS) is 16.3. The van der Waals surface area contributed by atoms with Gasteiger partial charge in [0.05, 0.1) is 19.1 Å². The first-order valence-electron chi connectivity index (χ1n) is 8.47. The number of aliphatic carboxylic acids is 1. The number of likely N-dealkylation sites (tertiary alicyclic amines) is 1. The Bertz CT molecular complexity index is 510. The van der Waals surface area contributed by atoms with Gasteiger partial charge in [-0.15, -0.1) is 0 Å². The highest BCUT2D eigenvalue weighted by Gasteiger charge is 2.24. The number of rotatable bonds is 8. The Morgan fingerprint density at radius 3 is 2.43 bits per heavy atom. The summed E-state index contributed by atoms with van der Waals surface area (Å²) >= 11 is 0. The molecule has 1 fully saturated rings. The van der Waals surface area contributed by atoms with Gasteiger partial charge in [0.15, 0.2) is 11.5 Å². The van der Waals surface area contributed by atoms with Gasteiger partial charge in [-0.1, -0.05) is 6.07 Å². The van der Waals surface area contributed by atoms with E-state index in [1.54, 1.807) is 0 Å². The Hall–Kier alpha value is -1.75. The number of piperidine rings is 1. The lowest BCUT2D eigenvalue weighted by Gasteiger charge is -2.30. The van der Waals surface area contributed by atoms with Gasteiger partial charge in [-0.25, -0.2) is 0 Å². The summed E-state index contributed by atoms with van der Waals surface area (Å²) in [4.78, 5) is 13.3. The standard InChI is InChI=1S/C18H27NO4/c1-3-22-16-6-5-14(13-17(16)23-4-2)7-10-19-11-8-15(9-12-19)18(20)21/h5-6,13,15H,3-4,7-12H2,1-2H3,(H,20,21). The first-order chi connectivity index (χ1) is 11.1. The van der Waals surface area contributed by atoms with Crippen molar-refractivity contribution in [2.24, 2.45) is 5.92 Å². The number of hydrogen-bond acceptors (Lipinski definition) is 4. The first kappa shape index (κ1) is 17.6. The van der Waals surface area contributed by atoms with Crippen LogP contribution in [0.25, 0.3) is 0 Å². The van der Waals surface area contributed by atoms with Crippen molar-refractivity contribution in [2.75, 3.05) is 32.8 Å². The van der Waals surface area contributed by atoms with Gasteiger partial charge in [-0.05, 0) is 63.9 Å². The highest BCUT2D eigenvalue weighted by Crippen LogP contribution is 2.29. The molecule has 0 aromatic heterocycles. The number of ether oxygens (including phenoxy) is 2. The van der Waals surface area contributed by atoms with Crippen LogP contribution in [0, 0.1) is 5.92 Å². The zero-order valence-electron chi connectivity index (χ0n) is 14.1. The monoisotopic (exact) mass is 321 g/mol. The van der Waals surface area contributed by atoms with E-state index in [4.69, 9.17) is 14.6 Å². The molecule has 0 radical (unpaired) electrons. The zero-order chi connectivity index (χ0) is 16.7. The molecule has 1 aliphatic heterocycles. The summed E-state index contributed by atoms with van der Waals surface area (Å²) < 4.78 is 11.2. The molecule has 2 rings (SSSR count). The van der Waals surface area contributed by atoms with E-state index < -0.39 is 5.97 Å². The molecule has 0 amide bonds. The predicted molar refractivity (Wildman–Crippen MR) is 89.3 cm³/mol. The fourth-order valence-corrected chi connectivity index (χ4v) is 2.94. The Labute approximate surface area is 138 Å². The summed E-state index contributed by atoms with van der Waals surface area (Å²) in [5, 5.41) is 9.04. The molecule has 128 valence electrons. The lowest BCUT2D eigenvalue weighted by atomic mass is 9.97. The number of hydrogen-bond donors (Lipinski definition) is 1. The third-order valence-corrected chi connectivity index (χ3v) is 4.26. The molecule has 23 heavy (non-hydrogen) atoms. The van der Waals surface area contributed by atoms with Crippen LogP contribution in [0.15, 0.2) is 18.2 Å². The molecule has 0 bridgehead atoms. The molecular weight excluding hydrogens is 294 g/mol. The van der Waals surface area contributed by atoms with E-state index >= 15 is 0 Å². The average molecular weight is 321 g/mol. The van der Waals surface area contributed by atoms with Crippen LogP contribution < -0.4 is 9.47 Å². The van der Waals surface area contributed by atoms with Crippen molar-refractivity contribution < 1.29 is 19.4 Å². The van der Waals surface area contributed by atoms with Crippen molar-refractivity contribution in [2.45, 2.75) is 33.1 Å². The molecule has 0 aliphatic carbocycles. The molecule has 0 spiro atoms. The van der Waals surface area contributed by atoms with Gasteiger partial charge in [0, 0.05) is 6.54 Å². The number of carbonyl (C=O) groups is 1. The number of carboxylic acids is 1. The lowest BCUT2D eigenvalue weighted by Crippen LogP contribution is -2.37.